The van der Waals surface area contributed by atoms with E-state index in [1.807, 2.05) is 0 Å². The van der Waals surface area contributed by atoms with Crippen LogP contribution in [0.5, 0.6) is 0 Å². The second-order valence-corrected chi connectivity index (χ2v) is 5.05. The molecule has 0 spiro atoms. The summed E-state index contributed by atoms with van der Waals surface area (Å²) in [4.78, 5) is 13.2. The normalized spacial score (nSPS) is 16.3. The van der Waals surface area contributed by atoms with Crippen LogP contribution >= 0.6 is 0 Å². The summed E-state index contributed by atoms with van der Waals surface area (Å²) in [6, 6.07) is 10.6. The van der Waals surface area contributed by atoms with E-state index in [-0.39, 0.29) is 0 Å². The molecule has 0 unspecified atom stereocenters. The van der Waals surface area contributed by atoms with E-state index < -0.39 is 0 Å². The first-order chi connectivity index (χ1) is 9.81. The third-order valence-corrected chi connectivity index (χ3v) is 3.60. The monoisotopic (exact) mass is 269 g/mol. The van der Waals surface area contributed by atoms with Gasteiger partial charge in [0.2, 0.25) is 0 Å². The Balaban J connectivity index is 1.55. The van der Waals surface area contributed by atoms with Crippen molar-refractivity contribution >= 4 is 11.6 Å². The van der Waals surface area contributed by atoms with Crippen LogP contribution in [0.2, 0.25) is 0 Å². The Bertz CT molecular complexity index is 532. The summed E-state index contributed by atoms with van der Waals surface area (Å²) in [7, 11) is 0. The molecule has 3 rings (SSSR count). The molecule has 0 amide bonds. The van der Waals surface area contributed by atoms with Gasteiger partial charge in [0, 0.05) is 32.7 Å². The van der Waals surface area contributed by atoms with Crippen LogP contribution in [0.3, 0.4) is 0 Å². The summed E-state index contributed by atoms with van der Waals surface area (Å²) in [5.41, 5.74) is 6.93. The number of nitrogens with zero attached hydrogens (tertiary/aromatic N) is 4. The van der Waals surface area contributed by atoms with Crippen LogP contribution in [0.1, 0.15) is 5.56 Å². The number of nitrogen functional groups attached to an aromatic ring is 1. The van der Waals surface area contributed by atoms with Gasteiger partial charge in [0.05, 0.1) is 12.4 Å². The molecule has 20 heavy (non-hydrogen) atoms. The standard InChI is InChI=1S/C15H19N5/c16-14-10-18-15(11-17-14)20-8-6-19(7-9-20)12-13-4-2-1-3-5-13/h1-5,10-11H,6-9,12H2,(H2,16,17). The lowest BCUT2D eigenvalue weighted by Crippen LogP contribution is -2.46. The fourth-order valence-corrected chi connectivity index (χ4v) is 2.47. The maximum absolute atomic E-state index is 5.56. The molecule has 2 aromatic rings. The highest BCUT2D eigenvalue weighted by Gasteiger charge is 2.18. The van der Waals surface area contributed by atoms with Crippen molar-refractivity contribution in [2.75, 3.05) is 36.8 Å². The summed E-state index contributed by atoms with van der Waals surface area (Å²) in [6.45, 7) is 5.06. The topological polar surface area (TPSA) is 58.3 Å². The minimum atomic E-state index is 0.469. The smallest absolute Gasteiger partial charge is 0.147 e. The third-order valence-electron chi connectivity index (χ3n) is 3.60. The zero-order valence-electron chi connectivity index (χ0n) is 11.4. The Morgan fingerprint density at radius 2 is 1.70 bits per heavy atom. The average Bonchev–Trinajstić information content (AvgIpc) is 2.50. The molecule has 2 N–H and O–H groups in total. The largest absolute Gasteiger partial charge is 0.382 e. The average molecular weight is 269 g/mol. The number of aromatic nitrogens is 2. The molecule has 1 saturated heterocycles. The lowest BCUT2D eigenvalue weighted by atomic mass is 10.2. The molecule has 5 nitrogen and oxygen atoms in total. The summed E-state index contributed by atoms with van der Waals surface area (Å²) < 4.78 is 0. The van der Waals surface area contributed by atoms with E-state index in [2.05, 4.69) is 50.1 Å². The molecule has 0 radical (unpaired) electrons. The minimum absolute atomic E-state index is 0.469. The molecule has 0 atom stereocenters. The first-order valence-corrected chi connectivity index (χ1v) is 6.90. The molecule has 5 heteroatoms. The lowest BCUT2D eigenvalue weighted by molar-refractivity contribution is 0.249. The summed E-state index contributed by atoms with van der Waals surface area (Å²) in [6.07, 6.45) is 3.37. The van der Waals surface area contributed by atoms with E-state index in [1.54, 1.807) is 12.4 Å². The highest BCUT2D eigenvalue weighted by atomic mass is 15.3. The molecule has 2 heterocycles. The molecule has 0 bridgehead atoms. The fraction of sp³-hybridized carbons (Fsp3) is 0.333. The second-order valence-electron chi connectivity index (χ2n) is 5.05. The van der Waals surface area contributed by atoms with Crippen molar-refractivity contribution in [3.8, 4) is 0 Å². The Morgan fingerprint density at radius 1 is 0.950 bits per heavy atom. The van der Waals surface area contributed by atoms with Crippen molar-refractivity contribution < 1.29 is 0 Å². The van der Waals surface area contributed by atoms with Crippen LogP contribution < -0.4 is 10.6 Å². The van der Waals surface area contributed by atoms with Gasteiger partial charge in [-0.3, -0.25) is 4.90 Å². The molecule has 1 aromatic carbocycles. The van der Waals surface area contributed by atoms with Crippen molar-refractivity contribution in [3.63, 3.8) is 0 Å². The molecule has 1 aliphatic heterocycles. The van der Waals surface area contributed by atoms with Gasteiger partial charge < -0.3 is 10.6 Å². The second kappa shape index (κ2) is 5.88. The Kier molecular flexibility index (Phi) is 3.78. The van der Waals surface area contributed by atoms with E-state index in [0.29, 0.717) is 5.82 Å². The molecule has 0 aliphatic carbocycles. The Labute approximate surface area is 119 Å². The SMILES string of the molecule is Nc1cnc(N2CCN(Cc3ccccc3)CC2)cn1. The Hall–Kier alpha value is -2.14. The van der Waals surface area contributed by atoms with E-state index in [4.69, 9.17) is 5.73 Å². The van der Waals surface area contributed by atoms with Crippen LogP contribution in [0, 0.1) is 0 Å². The van der Waals surface area contributed by atoms with Gasteiger partial charge in [0.25, 0.3) is 0 Å². The van der Waals surface area contributed by atoms with Gasteiger partial charge in [-0.15, -0.1) is 0 Å². The van der Waals surface area contributed by atoms with Crippen molar-refractivity contribution in [2.45, 2.75) is 6.54 Å². The van der Waals surface area contributed by atoms with Gasteiger partial charge in [0.1, 0.15) is 11.6 Å². The highest BCUT2D eigenvalue weighted by Crippen LogP contribution is 2.14. The Morgan fingerprint density at radius 3 is 2.35 bits per heavy atom. The van der Waals surface area contributed by atoms with Gasteiger partial charge in [0.15, 0.2) is 0 Å². The lowest BCUT2D eigenvalue weighted by Gasteiger charge is -2.35. The van der Waals surface area contributed by atoms with Gasteiger partial charge in [-0.05, 0) is 5.56 Å². The maximum atomic E-state index is 5.56. The molecular weight excluding hydrogens is 250 g/mol. The predicted octanol–water partition coefficient (Wildman–Crippen LogP) is 1.38. The first-order valence-electron chi connectivity index (χ1n) is 6.90. The van der Waals surface area contributed by atoms with E-state index >= 15 is 0 Å². The van der Waals surface area contributed by atoms with Gasteiger partial charge in [-0.2, -0.15) is 0 Å². The van der Waals surface area contributed by atoms with Crippen LogP contribution in [-0.4, -0.2) is 41.0 Å². The van der Waals surface area contributed by atoms with E-state index in [0.717, 1.165) is 38.5 Å². The zero-order valence-corrected chi connectivity index (χ0v) is 11.4. The zero-order chi connectivity index (χ0) is 13.8. The van der Waals surface area contributed by atoms with Crippen molar-refractivity contribution in [2.24, 2.45) is 0 Å². The van der Waals surface area contributed by atoms with Gasteiger partial charge in [-0.25, -0.2) is 9.97 Å². The van der Waals surface area contributed by atoms with Crippen molar-refractivity contribution in [1.29, 1.82) is 0 Å². The molecule has 0 saturated carbocycles. The number of rotatable bonds is 3. The number of hydrogen-bond donors (Lipinski definition) is 1. The molecular formula is C15H19N5. The van der Waals surface area contributed by atoms with E-state index in [1.165, 1.54) is 5.56 Å². The van der Waals surface area contributed by atoms with E-state index in [9.17, 15) is 0 Å². The summed E-state index contributed by atoms with van der Waals surface area (Å²) in [5, 5.41) is 0. The number of hydrogen-bond acceptors (Lipinski definition) is 5. The minimum Gasteiger partial charge on any atom is -0.382 e. The predicted molar refractivity (Wildman–Crippen MR) is 80.4 cm³/mol. The van der Waals surface area contributed by atoms with Crippen LogP contribution in [-0.2, 0) is 6.54 Å². The first kappa shape index (κ1) is 12.9. The number of piperazine rings is 1. The van der Waals surface area contributed by atoms with Crippen LogP contribution in [0.4, 0.5) is 11.6 Å². The maximum Gasteiger partial charge on any atom is 0.147 e. The number of benzene rings is 1. The highest BCUT2D eigenvalue weighted by molar-refractivity contribution is 5.39. The summed E-state index contributed by atoms with van der Waals surface area (Å²) in [5.74, 6) is 1.38. The van der Waals surface area contributed by atoms with Crippen molar-refractivity contribution in [1.82, 2.24) is 14.9 Å². The van der Waals surface area contributed by atoms with Gasteiger partial charge >= 0.3 is 0 Å². The summed E-state index contributed by atoms with van der Waals surface area (Å²) >= 11 is 0. The molecule has 1 aliphatic rings. The number of anilines is 2. The van der Waals surface area contributed by atoms with Crippen LogP contribution in [0.25, 0.3) is 0 Å². The molecule has 104 valence electrons. The van der Waals surface area contributed by atoms with Crippen molar-refractivity contribution in [3.05, 3.63) is 48.3 Å². The van der Waals surface area contributed by atoms with Gasteiger partial charge in [-0.1, -0.05) is 30.3 Å². The third kappa shape index (κ3) is 3.05. The quantitative estimate of drug-likeness (QED) is 0.912. The van der Waals surface area contributed by atoms with Crippen LogP contribution in [0.15, 0.2) is 42.7 Å². The molecule has 1 fully saturated rings. The number of nitrogens with two attached hydrogens (primary N) is 1. The molecule has 1 aromatic heterocycles. The fourth-order valence-electron chi connectivity index (χ4n) is 2.47.